The summed E-state index contributed by atoms with van der Waals surface area (Å²) in [5.74, 6) is -1.90. The molecule has 37 heavy (non-hydrogen) atoms. The van der Waals surface area contributed by atoms with Gasteiger partial charge in [0, 0.05) is 12.0 Å². The second kappa shape index (κ2) is 10.7. The van der Waals surface area contributed by atoms with Gasteiger partial charge in [0.1, 0.15) is 18.5 Å². The Bertz CT molecular complexity index is 1210. The molecule has 3 fully saturated rings. The van der Waals surface area contributed by atoms with E-state index in [1.807, 2.05) is 18.2 Å². The van der Waals surface area contributed by atoms with Crippen molar-refractivity contribution in [2.45, 2.75) is 57.2 Å². The second-order valence-electron chi connectivity index (χ2n) is 9.81. The Balaban J connectivity index is 1.25. The maximum absolute atomic E-state index is 14.8. The first kappa shape index (κ1) is 24.9. The van der Waals surface area contributed by atoms with E-state index in [4.69, 9.17) is 4.74 Å². The predicted octanol–water partition coefficient (Wildman–Crippen LogP) is 2.74. The number of fused-ring (bicyclic) bond motifs is 1. The van der Waals surface area contributed by atoms with E-state index in [-0.39, 0.29) is 42.5 Å². The largest absolute Gasteiger partial charge is 0.445 e. The molecule has 0 spiro atoms. The normalized spacial score (nSPS) is 25.4. The van der Waals surface area contributed by atoms with E-state index in [9.17, 15) is 23.6 Å². The summed E-state index contributed by atoms with van der Waals surface area (Å²) in [5.41, 5.74) is 7.21. The van der Waals surface area contributed by atoms with Crippen LogP contribution in [0, 0.1) is 17.7 Å². The highest BCUT2D eigenvalue weighted by atomic mass is 19.1. The molecule has 3 aliphatic rings. The number of alkyl carbamates (subject to hydrolysis) is 1. The van der Waals surface area contributed by atoms with Crippen molar-refractivity contribution in [3.8, 4) is 0 Å². The van der Waals surface area contributed by atoms with Crippen LogP contribution in [0.4, 0.5) is 14.9 Å². The minimum atomic E-state index is -1.14. The van der Waals surface area contributed by atoms with Gasteiger partial charge in [0.15, 0.2) is 0 Å². The van der Waals surface area contributed by atoms with E-state index in [0.717, 1.165) is 41.7 Å². The number of benzene rings is 2. The minimum absolute atomic E-state index is 0.00911. The number of imide groups is 1. The van der Waals surface area contributed by atoms with Gasteiger partial charge in [-0.1, -0.05) is 49.2 Å². The number of hydrogen-bond donors (Lipinski definition) is 3. The van der Waals surface area contributed by atoms with Gasteiger partial charge in [0.2, 0.25) is 11.8 Å². The molecular weight excluding hydrogens is 479 g/mol. The maximum atomic E-state index is 14.8. The van der Waals surface area contributed by atoms with Crippen LogP contribution in [0.1, 0.15) is 43.2 Å². The van der Waals surface area contributed by atoms with Gasteiger partial charge in [-0.3, -0.25) is 19.8 Å². The SMILES string of the molecule is O=C(N[C@H]1CC(=O)N(c2cc(CC3NNC(=O)C4CCCCC34)ccc2F)C1=O)OCc1ccccc1. The lowest BCUT2D eigenvalue weighted by molar-refractivity contribution is -0.133. The number of hydrazine groups is 1. The van der Waals surface area contributed by atoms with E-state index < -0.39 is 29.8 Å². The summed E-state index contributed by atoms with van der Waals surface area (Å²) < 4.78 is 20.0. The summed E-state index contributed by atoms with van der Waals surface area (Å²) in [6, 6.07) is 12.2. The van der Waals surface area contributed by atoms with Crippen molar-refractivity contribution in [3.05, 3.63) is 65.5 Å². The van der Waals surface area contributed by atoms with E-state index in [2.05, 4.69) is 16.2 Å². The topological polar surface area (TPSA) is 117 Å². The Kier molecular flexibility index (Phi) is 7.18. The van der Waals surface area contributed by atoms with E-state index >= 15 is 0 Å². The zero-order valence-electron chi connectivity index (χ0n) is 20.2. The van der Waals surface area contributed by atoms with Gasteiger partial charge in [0.25, 0.3) is 5.91 Å². The lowest BCUT2D eigenvalue weighted by Gasteiger charge is -2.41. The zero-order chi connectivity index (χ0) is 25.9. The van der Waals surface area contributed by atoms with Gasteiger partial charge in [-0.15, -0.1) is 0 Å². The summed E-state index contributed by atoms with van der Waals surface area (Å²) in [7, 11) is 0. The quantitative estimate of drug-likeness (QED) is 0.517. The molecule has 2 heterocycles. The average molecular weight is 509 g/mol. The number of hydrogen-bond acceptors (Lipinski definition) is 6. The van der Waals surface area contributed by atoms with Crippen LogP contribution in [0.3, 0.4) is 0 Å². The number of rotatable bonds is 6. The van der Waals surface area contributed by atoms with Gasteiger partial charge in [-0.2, -0.15) is 0 Å². The highest BCUT2D eigenvalue weighted by Crippen LogP contribution is 2.36. The summed E-state index contributed by atoms with van der Waals surface area (Å²) in [6.45, 7) is 0.0133. The monoisotopic (exact) mass is 508 g/mol. The first-order valence-electron chi connectivity index (χ1n) is 12.6. The zero-order valence-corrected chi connectivity index (χ0v) is 20.2. The second-order valence-corrected chi connectivity index (χ2v) is 9.81. The highest BCUT2D eigenvalue weighted by molar-refractivity contribution is 6.23. The number of carbonyl (C=O) groups is 4. The van der Waals surface area contributed by atoms with E-state index in [0.29, 0.717) is 6.42 Å². The third-order valence-electron chi connectivity index (χ3n) is 7.41. The van der Waals surface area contributed by atoms with Crippen molar-refractivity contribution < 1.29 is 28.3 Å². The van der Waals surface area contributed by atoms with Crippen molar-refractivity contribution >= 4 is 29.5 Å². The van der Waals surface area contributed by atoms with Crippen LogP contribution in [0.25, 0.3) is 0 Å². The molecule has 0 bridgehead atoms. The summed E-state index contributed by atoms with van der Waals surface area (Å²) in [6.07, 6.45) is 3.24. The third kappa shape index (κ3) is 5.34. The van der Waals surface area contributed by atoms with Gasteiger partial charge in [-0.05, 0) is 48.4 Å². The lowest BCUT2D eigenvalue weighted by atomic mass is 9.72. The Morgan fingerprint density at radius 2 is 1.84 bits per heavy atom. The fraction of sp³-hybridized carbons (Fsp3) is 0.407. The Labute approximate surface area is 213 Å². The van der Waals surface area contributed by atoms with E-state index in [1.165, 1.54) is 12.1 Å². The fourth-order valence-corrected chi connectivity index (χ4v) is 5.55. The molecular formula is C27H29FN4O5. The molecule has 1 saturated carbocycles. The third-order valence-corrected chi connectivity index (χ3v) is 7.41. The molecule has 10 heteroatoms. The molecule has 0 aromatic heterocycles. The molecule has 4 amide bonds. The number of carbonyl (C=O) groups excluding carboxylic acids is 4. The molecule has 1 aliphatic carbocycles. The van der Waals surface area contributed by atoms with Crippen LogP contribution in [0.5, 0.6) is 0 Å². The molecule has 194 valence electrons. The Morgan fingerprint density at radius 1 is 1.05 bits per heavy atom. The molecule has 2 saturated heterocycles. The minimum Gasteiger partial charge on any atom is -0.445 e. The molecule has 3 unspecified atom stereocenters. The van der Waals surface area contributed by atoms with Crippen LogP contribution in [-0.4, -0.2) is 35.9 Å². The molecule has 4 atom stereocenters. The molecule has 5 rings (SSSR count). The average Bonchev–Trinajstić information content (AvgIpc) is 3.18. The van der Waals surface area contributed by atoms with Crippen molar-refractivity contribution in [3.63, 3.8) is 0 Å². The van der Waals surface area contributed by atoms with Crippen LogP contribution in [0.2, 0.25) is 0 Å². The van der Waals surface area contributed by atoms with Gasteiger partial charge in [0.05, 0.1) is 12.1 Å². The first-order valence-corrected chi connectivity index (χ1v) is 12.6. The Hall–Kier alpha value is -3.79. The molecule has 2 aromatic rings. The number of amides is 4. The van der Waals surface area contributed by atoms with E-state index in [1.54, 1.807) is 18.2 Å². The summed E-state index contributed by atoms with van der Waals surface area (Å²) >= 11 is 0. The molecule has 2 aromatic carbocycles. The predicted molar refractivity (Wildman–Crippen MR) is 131 cm³/mol. The van der Waals surface area contributed by atoms with Crippen molar-refractivity contribution in [1.82, 2.24) is 16.2 Å². The van der Waals surface area contributed by atoms with Crippen molar-refractivity contribution in [2.24, 2.45) is 11.8 Å². The van der Waals surface area contributed by atoms with Crippen molar-refractivity contribution in [1.29, 1.82) is 0 Å². The number of halogens is 1. The smallest absolute Gasteiger partial charge is 0.408 e. The molecule has 2 aliphatic heterocycles. The molecule has 3 N–H and O–H groups in total. The maximum Gasteiger partial charge on any atom is 0.408 e. The number of ether oxygens (including phenoxy) is 1. The van der Waals surface area contributed by atoms with Gasteiger partial charge >= 0.3 is 6.09 Å². The molecule has 0 radical (unpaired) electrons. The number of nitrogens with zero attached hydrogens (tertiary/aromatic N) is 1. The summed E-state index contributed by atoms with van der Waals surface area (Å²) in [4.78, 5) is 51.0. The molecule has 9 nitrogen and oxygen atoms in total. The van der Waals surface area contributed by atoms with Crippen LogP contribution < -0.4 is 21.1 Å². The summed E-state index contributed by atoms with van der Waals surface area (Å²) in [5, 5.41) is 2.42. The van der Waals surface area contributed by atoms with Crippen LogP contribution in [0.15, 0.2) is 48.5 Å². The van der Waals surface area contributed by atoms with Gasteiger partial charge < -0.3 is 10.1 Å². The lowest BCUT2D eigenvalue weighted by Crippen LogP contribution is -2.60. The van der Waals surface area contributed by atoms with Crippen LogP contribution in [-0.2, 0) is 32.1 Å². The fourth-order valence-electron chi connectivity index (χ4n) is 5.55. The Morgan fingerprint density at radius 3 is 2.65 bits per heavy atom. The van der Waals surface area contributed by atoms with Crippen molar-refractivity contribution in [2.75, 3.05) is 4.90 Å². The number of nitrogens with one attached hydrogen (secondary N) is 3. The first-order chi connectivity index (χ1) is 17.9. The van der Waals surface area contributed by atoms with Gasteiger partial charge in [-0.25, -0.2) is 19.5 Å². The number of anilines is 1. The standard InChI is InChI=1S/C27H29FN4O5/c28-20-11-10-17(12-21-18-8-4-5-9-19(18)25(34)31-30-21)13-23(20)32-24(33)14-22(26(32)35)29-27(36)37-15-16-6-2-1-3-7-16/h1-3,6-7,10-11,13,18-19,21-22,30H,4-5,8-9,12,14-15H2,(H,29,36)(H,31,34)/t18?,19?,21?,22-/m0/s1. The van der Waals surface area contributed by atoms with Crippen LogP contribution >= 0.6 is 0 Å². The highest BCUT2D eigenvalue weighted by Gasteiger charge is 2.43.